The number of hydrogen-bond acceptors (Lipinski definition) is 2. The Balaban J connectivity index is 1.51. The molecule has 4 nitrogen and oxygen atoms in total. The van der Waals surface area contributed by atoms with E-state index >= 15 is 0 Å². The largest absolute Gasteiger partial charge is 0.326 e. The smallest absolute Gasteiger partial charge is 0.227 e. The van der Waals surface area contributed by atoms with Crippen molar-refractivity contribution in [2.75, 3.05) is 10.6 Å². The molecule has 0 atom stereocenters. The third kappa shape index (κ3) is 5.16. The van der Waals surface area contributed by atoms with E-state index in [1.54, 1.807) is 12.1 Å². The first-order chi connectivity index (χ1) is 12.9. The average Bonchev–Trinajstić information content (AvgIpc) is 2.63. The van der Waals surface area contributed by atoms with Crippen molar-refractivity contribution in [1.82, 2.24) is 0 Å². The highest BCUT2D eigenvalue weighted by Gasteiger charge is 2.30. The van der Waals surface area contributed by atoms with Crippen LogP contribution in [0, 0.1) is 31.5 Å². The van der Waals surface area contributed by atoms with Crippen molar-refractivity contribution in [1.29, 1.82) is 0 Å². The molecule has 0 radical (unpaired) electrons. The molecule has 1 fully saturated rings. The number of rotatable bonds is 4. The molecule has 142 valence electrons. The molecule has 2 amide bonds. The Labute approximate surface area is 159 Å². The van der Waals surface area contributed by atoms with Crippen molar-refractivity contribution in [3.8, 4) is 0 Å². The van der Waals surface area contributed by atoms with Gasteiger partial charge in [0.2, 0.25) is 11.8 Å². The lowest BCUT2D eigenvalue weighted by Crippen LogP contribution is -2.32. The molecule has 2 aromatic rings. The molecule has 2 N–H and O–H groups in total. The second kappa shape index (κ2) is 8.33. The highest BCUT2D eigenvalue weighted by molar-refractivity contribution is 5.94. The van der Waals surface area contributed by atoms with Crippen LogP contribution >= 0.6 is 0 Å². The molecule has 0 heterocycles. The van der Waals surface area contributed by atoms with Crippen molar-refractivity contribution in [2.24, 2.45) is 11.8 Å². The highest BCUT2D eigenvalue weighted by atomic mass is 19.1. The van der Waals surface area contributed by atoms with Crippen molar-refractivity contribution in [3.05, 3.63) is 59.4 Å². The molecule has 1 aliphatic carbocycles. The molecule has 1 aliphatic rings. The number of amides is 2. The Morgan fingerprint density at radius 2 is 1.22 bits per heavy atom. The summed E-state index contributed by atoms with van der Waals surface area (Å²) >= 11 is 0. The summed E-state index contributed by atoms with van der Waals surface area (Å²) in [7, 11) is 0. The summed E-state index contributed by atoms with van der Waals surface area (Å²) in [6.45, 7) is 4.02. The lowest BCUT2D eigenvalue weighted by molar-refractivity contribution is -0.125. The van der Waals surface area contributed by atoms with Crippen LogP contribution in [-0.4, -0.2) is 11.8 Å². The Morgan fingerprint density at radius 1 is 0.778 bits per heavy atom. The fourth-order valence-electron chi connectivity index (χ4n) is 3.69. The van der Waals surface area contributed by atoms with Gasteiger partial charge in [-0.1, -0.05) is 6.07 Å². The maximum absolute atomic E-state index is 12.9. The van der Waals surface area contributed by atoms with Gasteiger partial charge in [-0.2, -0.15) is 0 Å². The minimum absolute atomic E-state index is 0.0254. The molecule has 0 bridgehead atoms. The summed E-state index contributed by atoms with van der Waals surface area (Å²) in [6.07, 6.45) is 2.74. The van der Waals surface area contributed by atoms with Crippen molar-refractivity contribution >= 4 is 23.2 Å². The molecular weight excluding hydrogens is 343 g/mol. The predicted octanol–water partition coefficient (Wildman–Crippen LogP) is 4.83. The fourth-order valence-corrected chi connectivity index (χ4v) is 3.69. The predicted molar refractivity (Wildman–Crippen MR) is 105 cm³/mol. The number of anilines is 2. The maximum atomic E-state index is 12.9. The van der Waals surface area contributed by atoms with Gasteiger partial charge in [0.25, 0.3) is 0 Å². The van der Waals surface area contributed by atoms with Crippen LogP contribution in [0.25, 0.3) is 0 Å². The van der Waals surface area contributed by atoms with E-state index < -0.39 is 0 Å². The number of halogens is 1. The zero-order chi connectivity index (χ0) is 19.4. The summed E-state index contributed by atoms with van der Waals surface area (Å²) in [5.41, 5.74) is 3.66. The van der Waals surface area contributed by atoms with Crippen molar-refractivity contribution < 1.29 is 14.0 Å². The summed E-state index contributed by atoms with van der Waals surface area (Å²) in [4.78, 5) is 24.9. The second-order valence-corrected chi connectivity index (χ2v) is 7.41. The Hall–Kier alpha value is -2.69. The van der Waals surface area contributed by atoms with Crippen LogP contribution in [0.5, 0.6) is 0 Å². The van der Waals surface area contributed by atoms with Crippen molar-refractivity contribution in [2.45, 2.75) is 39.5 Å². The van der Waals surface area contributed by atoms with Crippen LogP contribution < -0.4 is 10.6 Å². The number of hydrogen-bond donors (Lipinski definition) is 2. The molecule has 5 heteroatoms. The minimum atomic E-state index is -0.330. The minimum Gasteiger partial charge on any atom is -0.326 e. The first-order valence-electron chi connectivity index (χ1n) is 9.36. The fraction of sp³-hybridized carbons (Fsp3) is 0.364. The Bertz CT molecular complexity index is 804. The van der Waals surface area contributed by atoms with Gasteiger partial charge in [-0.3, -0.25) is 9.59 Å². The lowest BCUT2D eigenvalue weighted by Gasteiger charge is -2.27. The molecule has 0 aliphatic heterocycles. The van der Waals surface area contributed by atoms with E-state index in [4.69, 9.17) is 0 Å². The van der Waals surface area contributed by atoms with E-state index in [1.807, 2.05) is 26.0 Å². The second-order valence-electron chi connectivity index (χ2n) is 7.41. The van der Waals surface area contributed by atoms with Crippen LogP contribution in [0.4, 0.5) is 15.8 Å². The van der Waals surface area contributed by atoms with E-state index in [0.717, 1.165) is 16.8 Å². The molecule has 0 aromatic heterocycles. The zero-order valence-electron chi connectivity index (χ0n) is 15.7. The molecule has 0 spiro atoms. The van der Waals surface area contributed by atoms with Crippen molar-refractivity contribution in [3.63, 3.8) is 0 Å². The molecule has 27 heavy (non-hydrogen) atoms. The first kappa shape index (κ1) is 19.1. The van der Waals surface area contributed by atoms with Gasteiger partial charge in [-0.25, -0.2) is 4.39 Å². The topological polar surface area (TPSA) is 58.2 Å². The number of nitrogens with one attached hydrogen (secondary N) is 2. The SMILES string of the molecule is Cc1cc(C)cc(NC(=O)C2CCC(C(=O)Nc3ccc(F)cc3)CC2)c1. The quantitative estimate of drug-likeness (QED) is 0.812. The van der Waals surface area contributed by atoms with E-state index in [0.29, 0.717) is 31.4 Å². The van der Waals surface area contributed by atoms with Gasteiger partial charge < -0.3 is 10.6 Å². The van der Waals surface area contributed by atoms with E-state index in [-0.39, 0.29) is 29.5 Å². The van der Waals surface area contributed by atoms with Crippen LogP contribution in [0.3, 0.4) is 0 Å². The molecular formula is C22H25FN2O2. The van der Waals surface area contributed by atoms with Crippen LogP contribution in [0.1, 0.15) is 36.8 Å². The van der Waals surface area contributed by atoms with E-state index in [2.05, 4.69) is 16.7 Å². The average molecular weight is 368 g/mol. The van der Waals surface area contributed by atoms with Gasteiger partial charge in [0.05, 0.1) is 0 Å². The van der Waals surface area contributed by atoms with Crippen LogP contribution in [-0.2, 0) is 9.59 Å². The third-order valence-corrected chi connectivity index (χ3v) is 5.07. The molecule has 0 unspecified atom stereocenters. The lowest BCUT2D eigenvalue weighted by atomic mass is 9.81. The highest BCUT2D eigenvalue weighted by Crippen LogP contribution is 2.31. The summed E-state index contributed by atoms with van der Waals surface area (Å²) in [5, 5.41) is 5.84. The molecule has 3 rings (SSSR count). The number of carbonyl (C=O) groups is 2. The first-order valence-corrected chi connectivity index (χ1v) is 9.36. The van der Waals surface area contributed by atoms with Gasteiger partial charge in [0.1, 0.15) is 5.82 Å². The van der Waals surface area contributed by atoms with Crippen LogP contribution in [0.2, 0.25) is 0 Å². The number of aryl methyl sites for hydroxylation is 2. The standard InChI is InChI=1S/C22H25FN2O2/c1-14-11-15(2)13-20(12-14)25-22(27)17-5-3-16(4-6-17)21(26)24-19-9-7-18(23)8-10-19/h7-13,16-17H,3-6H2,1-2H3,(H,24,26)(H,25,27). The number of carbonyl (C=O) groups excluding carboxylic acids is 2. The third-order valence-electron chi connectivity index (χ3n) is 5.07. The molecule has 2 aromatic carbocycles. The van der Waals surface area contributed by atoms with Gasteiger partial charge in [-0.15, -0.1) is 0 Å². The van der Waals surface area contributed by atoms with Crippen LogP contribution in [0.15, 0.2) is 42.5 Å². The monoisotopic (exact) mass is 368 g/mol. The summed E-state index contributed by atoms with van der Waals surface area (Å²) < 4.78 is 12.9. The molecule has 0 saturated heterocycles. The Kier molecular flexibility index (Phi) is 5.89. The van der Waals surface area contributed by atoms with Gasteiger partial charge in [0.15, 0.2) is 0 Å². The van der Waals surface area contributed by atoms with Gasteiger partial charge in [0, 0.05) is 23.2 Å². The summed E-state index contributed by atoms with van der Waals surface area (Å²) in [6, 6.07) is 11.7. The molecule has 1 saturated carbocycles. The van der Waals surface area contributed by atoms with E-state index in [9.17, 15) is 14.0 Å². The van der Waals surface area contributed by atoms with Gasteiger partial charge in [-0.05, 0) is 87.1 Å². The Morgan fingerprint density at radius 3 is 1.70 bits per heavy atom. The maximum Gasteiger partial charge on any atom is 0.227 e. The normalized spacial score (nSPS) is 19.4. The van der Waals surface area contributed by atoms with E-state index in [1.165, 1.54) is 12.1 Å². The number of benzene rings is 2. The van der Waals surface area contributed by atoms with Gasteiger partial charge >= 0.3 is 0 Å². The zero-order valence-corrected chi connectivity index (χ0v) is 15.7. The summed E-state index contributed by atoms with van der Waals surface area (Å²) in [5.74, 6) is -0.545.